The zero-order chi connectivity index (χ0) is 21.1. The highest BCUT2D eigenvalue weighted by atomic mass is 19.1. The van der Waals surface area contributed by atoms with Crippen molar-refractivity contribution < 1.29 is 4.39 Å². The van der Waals surface area contributed by atoms with Crippen LogP contribution in [0.5, 0.6) is 0 Å². The molecule has 0 bridgehead atoms. The number of para-hydroxylation sites is 1. The SMILES string of the molecule is Cc1c(C=C(C#N)c2ccccc2F)c2ccccc2n1Cc1ccccc1C#N. The van der Waals surface area contributed by atoms with Gasteiger partial charge in [0.1, 0.15) is 5.82 Å². The first-order valence-electron chi connectivity index (χ1n) is 9.56. The molecule has 1 heterocycles. The highest BCUT2D eigenvalue weighted by molar-refractivity contribution is 5.99. The van der Waals surface area contributed by atoms with Gasteiger partial charge in [-0.05, 0) is 36.8 Å². The van der Waals surface area contributed by atoms with Crippen LogP contribution in [0.3, 0.4) is 0 Å². The van der Waals surface area contributed by atoms with Crippen LogP contribution in [0.25, 0.3) is 22.6 Å². The van der Waals surface area contributed by atoms with Crippen LogP contribution in [-0.4, -0.2) is 4.57 Å². The van der Waals surface area contributed by atoms with Crippen LogP contribution in [-0.2, 0) is 6.54 Å². The fraction of sp³-hybridized carbons (Fsp3) is 0.0769. The van der Waals surface area contributed by atoms with Gasteiger partial charge in [-0.1, -0.05) is 54.6 Å². The summed E-state index contributed by atoms with van der Waals surface area (Å²) in [6, 6.07) is 26.1. The molecule has 4 rings (SSSR count). The third-order valence-corrected chi connectivity index (χ3v) is 5.32. The van der Waals surface area contributed by atoms with Crippen molar-refractivity contribution in [1.82, 2.24) is 4.57 Å². The predicted molar refractivity (Wildman–Crippen MR) is 117 cm³/mol. The minimum atomic E-state index is -0.422. The third-order valence-electron chi connectivity index (χ3n) is 5.32. The van der Waals surface area contributed by atoms with Crippen molar-refractivity contribution in [3.05, 3.63) is 107 Å². The van der Waals surface area contributed by atoms with Crippen LogP contribution in [0.1, 0.15) is 27.9 Å². The molecule has 0 fully saturated rings. The molecular weight excluding hydrogens is 373 g/mol. The number of fused-ring (bicyclic) bond motifs is 1. The van der Waals surface area contributed by atoms with E-state index in [9.17, 15) is 14.9 Å². The van der Waals surface area contributed by atoms with Gasteiger partial charge < -0.3 is 4.57 Å². The Hall–Kier alpha value is -4.15. The number of hydrogen-bond acceptors (Lipinski definition) is 2. The molecule has 0 saturated heterocycles. The highest BCUT2D eigenvalue weighted by Crippen LogP contribution is 2.31. The first-order chi connectivity index (χ1) is 14.6. The van der Waals surface area contributed by atoms with Gasteiger partial charge in [-0.2, -0.15) is 10.5 Å². The van der Waals surface area contributed by atoms with Gasteiger partial charge in [0.15, 0.2) is 0 Å². The van der Waals surface area contributed by atoms with Gasteiger partial charge in [-0.15, -0.1) is 0 Å². The second-order valence-corrected chi connectivity index (χ2v) is 7.02. The molecule has 4 heteroatoms. The molecule has 0 atom stereocenters. The lowest BCUT2D eigenvalue weighted by Crippen LogP contribution is -2.03. The Bertz CT molecular complexity index is 1360. The van der Waals surface area contributed by atoms with Crippen LogP contribution in [0.2, 0.25) is 0 Å². The van der Waals surface area contributed by atoms with E-state index in [2.05, 4.69) is 16.7 Å². The third kappa shape index (κ3) is 3.36. The van der Waals surface area contributed by atoms with Crippen LogP contribution >= 0.6 is 0 Å². The molecule has 0 unspecified atom stereocenters. The monoisotopic (exact) mass is 391 g/mol. The van der Waals surface area contributed by atoms with E-state index in [-0.39, 0.29) is 11.1 Å². The molecule has 1 aromatic heterocycles. The van der Waals surface area contributed by atoms with E-state index in [0.717, 1.165) is 27.7 Å². The van der Waals surface area contributed by atoms with Crippen molar-refractivity contribution >= 4 is 22.6 Å². The van der Waals surface area contributed by atoms with E-state index in [4.69, 9.17) is 0 Å². The highest BCUT2D eigenvalue weighted by Gasteiger charge is 2.16. The summed E-state index contributed by atoms with van der Waals surface area (Å²) in [6.07, 6.45) is 1.75. The molecule has 0 saturated carbocycles. The van der Waals surface area contributed by atoms with Gasteiger partial charge in [0.2, 0.25) is 0 Å². The molecule has 3 nitrogen and oxygen atoms in total. The van der Waals surface area contributed by atoms with Gasteiger partial charge >= 0.3 is 0 Å². The molecule has 0 amide bonds. The predicted octanol–water partition coefficient (Wildman–Crippen LogP) is 6.07. The maximum atomic E-state index is 14.3. The van der Waals surface area contributed by atoms with Gasteiger partial charge in [0.25, 0.3) is 0 Å². The summed E-state index contributed by atoms with van der Waals surface area (Å²) >= 11 is 0. The van der Waals surface area contributed by atoms with Crippen molar-refractivity contribution in [3.8, 4) is 12.1 Å². The van der Waals surface area contributed by atoms with Crippen LogP contribution in [0.4, 0.5) is 4.39 Å². The average molecular weight is 391 g/mol. The fourth-order valence-corrected chi connectivity index (χ4v) is 3.78. The molecule has 3 aromatic carbocycles. The zero-order valence-electron chi connectivity index (χ0n) is 16.4. The molecule has 0 radical (unpaired) electrons. The van der Waals surface area contributed by atoms with Gasteiger partial charge in [0.05, 0.1) is 23.3 Å². The lowest BCUT2D eigenvalue weighted by molar-refractivity contribution is 0.624. The maximum absolute atomic E-state index is 14.3. The van der Waals surface area contributed by atoms with Crippen LogP contribution in [0.15, 0.2) is 72.8 Å². The minimum Gasteiger partial charge on any atom is -0.340 e. The molecule has 144 valence electrons. The zero-order valence-corrected chi connectivity index (χ0v) is 16.4. The van der Waals surface area contributed by atoms with Crippen LogP contribution in [0, 0.1) is 35.4 Å². The Morgan fingerprint density at radius 2 is 1.67 bits per heavy atom. The first-order valence-corrected chi connectivity index (χ1v) is 9.56. The minimum absolute atomic E-state index is 0.275. The summed E-state index contributed by atoms with van der Waals surface area (Å²) in [5.41, 5.74) is 4.94. The number of benzene rings is 3. The van der Waals surface area contributed by atoms with E-state index in [0.29, 0.717) is 12.1 Å². The Balaban J connectivity index is 1.91. The van der Waals surface area contributed by atoms with Crippen molar-refractivity contribution in [2.75, 3.05) is 0 Å². The quantitative estimate of drug-likeness (QED) is 0.396. The Labute approximate surface area is 174 Å². The van der Waals surface area contributed by atoms with Crippen molar-refractivity contribution in [3.63, 3.8) is 0 Å². The number of halogens is 1. The fourth-order valence-electron chi connectivity index (χ4n) is 3.78. The molecule has 0 aliphatic carbocycles. The summed E-state index contributed by atoms with van der Waals surface area (Å²) in [5.74, 6) is -0.422. The van der Waals surface area contributed by atoms with Gasteiger partial charge in [0, 0.05) is 34.3 Å². The second kappa shape index (κ2) is 8.07. The van der Waals surface area contributed by atoms with E-state index < -0.39 is 5.82 Å². The van der Waals surface area contributed by atoms with Gasteiger partial charge in [-0.25, -0.2) is 4.39 Å². The number of nitrogens with zero attached hydrogens (tertiary/aromatic N) is 3. The summed E-state index contributed by atoms with van der Waals surface area (Å²) in [4.78, 5) is 0. The molecule has 30 heavy (non-hydrogen) atoms. The number of nitriles is 2. The van der Waals surface area contributed by atoms with Crippen LogP contribution < -0.4 is 0 Å². The average Bonchev–Trinajstić information content (AvgIpc) is 3.04. The Morgan fingerprint density at radius 1 is 0.967 bits per heavy atom. The summed E-state index contributed by atoms with van der Waals surface area (Å²) in [7, 11) is 0. The summed E-state index contributed by atoms with van der Waals surface area (Å²) in [6.45, 7) is 2.52. The van der Waals surface area contributed by atoms with Crippen molar-refractivity contribution in [1.29, 1.82) is 10.5 Å². The number of allylic oxidation sites excluding steroid dienone is 1. The molecular formula is C26H18FN3. The summed E-state index contributed by atoms with van der Waals surface area (Å²) < 4.78 is 16.4. The first kappa shape index (κ1) is 19.2. The second-order valence-electron chi connectivity index (χ2n) is 7.02. The lowest BCUT2D eigenvalue weighted by Gasteiger charge is -2.10. The Morgan fingerprint density at radius 3 is 2.43 bits per heavy atom. The van der Waals surface area contributed by atoms with E-state index in [1.54, 1.807) is 24.3 Å². The molecule has 0 aliphatic rings. The number of aromatic nitrogens is 1. The maximum Gasteiger partial charge on any atom is 0.131 e. The number of rotatable bonds is 4. The van der Waals surface area contributed by atoms with Crippen molar-refractivity contribution in [2.24, 2.45) is 0 Å². The normalized spacial score (nSPS) is 11.3. The number of hydrogen-bond donors (Lipinski definition) is 0. The van der Waals surface area contributed by atoms with E-state index in [1.165, 1.54) is 6.07 Å². The van der Waals surface area contributed by atoms with E-state index in [1.807, 2.05) is 55.5 Å². The molecule has 4 aromatic rings. The smallest absolute Gasteiger partial charge is 0.131 e. The molecule has 0 aliphatic heterocycles. The topological polar surface area (TPSA) is 52.5 Å². The molecule has 0 N–H and O–H groups in total. The summed E-state index contributed by atoms with van der Waals surface area (Å²) in [5, 5.41) is 20.1. The lowest BCUT2D eigenvalue weighted by atomic mass is 10.0. The largest absolute Gasteiger partial charge is 0.340 e. The van der Waals surface area contributed by atoms with Crippen molar-refractivity contribution in [2.45, 2.75) is 13.5 Å². The standard InChI is InChI=1S/C26H18FN3/c1-18-24(14-21(16-29)22-10-4-6-12-25(22)27)23-11-5-7-13-26(23)30(18)17-20-9-3-2-8-19(20)15-28/h2-14H,17H2,1H3. The molecule has 0 spiro atoms. The van der Waals surface area contributed by atoms with Gasteiger partial charge in [-0.3, -0.25) is 0 Å². The van der Waals surface area contributed by atoms with E-state index >= 15 is 0 Å². The Kier molecular flexibility index (Phi) is 5.16.